The molecule has 2 aromatic heterocycles. The Morgan fingerprint density at radius 3 is 1.60 bits per heavy atom. The number of ether oxygens (including phenoxy) is 5. The molecule has 1 N–H and O–H groups in total. The Bertz CT molecular complexity index is 2510. The van der Waals surface area contributed by atoms with Crippen molar-refractivity contribution in [2.24, 2.45) is 0 Å². The summed E-state index contributed by atoms with van der Waals surface area (Å²) < 4.78 is 27.1. The highest BCUT2D eigenvalue weighted by molar-refractivity contribution is 6.31. The lowest BCUT2D eigenvalue weighted by Gasteiger charge is -2.25. The molecule has 0 unspecified atom stereocenters. The number of benzene rings is 4. The number of anilines is 2. The van der Waals surface area contributed by atoms with Crippen LogP contribution >= 0.6 is 23.2 Å². The third-order valence-corrected chi connectivity index (χ3v) is 10.4. The van der Waals surface area contributed by atoms with Crippen LogP contribution in [0.4, 0.5) is 21.0 Å². The fourth-order valence-corrected chi connectivity index (χ4v) is 7.34. The molecule has 328 valence electrons. The minimum absolute atomic E-state index is 0.0686. The quantitative estimate of drug-likeness (QED) is 0.0947. The van der Waals surface area contributed by atoms with Crippen LogP contribution < -0.4 is 19.3 Å². The number of methoxy groups -OCH3 is 2. The van der Waals surface area contributed by atoms with Gasteiger partial charge in [-0.2, -0.15) is 9.59 Å². The summed E-state index contributed by atoms with van der Waals surface area (Å²) in [6.07, 6.45) is -1.98. The highest BCUT2D eigenvalue weighted by Gasteiger charge is 2.46. The number of carbonyl (C=O) groups excluding carboxylic acids is 3. The van der Waals surface area contributed by atoms with Gasteiger partial charge in [0.2, 0.25) is 0 Å². The van der Waals surface area contributed by atoms with Gasteiger partial charge in [0.1, 0.15) is 55.3 Å². The average Bonchev–Trinajstić information content (AvgIpc) is 4.08. The lowest BCUT2D eigenvalue weighted by Crippen LogP contribution is -2.31. The second-order valence-electron chi connectivity index (χ2n) is 14.0. The number of aliphatic hydroxyl groups is 1. The number of amides is 2. The summed E-state index contributed by atoms with van der Waals surface area (Å²) in [6, 6.07) is 27.9. The monoisotopic (exact) mass is 900 g/mol. The first kappa shape index (κ1) is 44.2. The largest absolute Gasteiger partial charge is 0.497 e. The molecule has 0 radical (unpaired) electrons. The second-order valence-corrected chi connectivity index (χ2v) is 14.8. The number of aliphatic hydroxyl groups excluding tert-OH is 1. The van der Waals surface area contributed by atoms with Gasteiger partial charge in [-0.1, -0.05) is 47.5 Å². The number of tetrazole rings is 2. The van der Waals surface area contributed by atoms with E-state index in [4.69, 9.17) is 52.0 Å². The Morgan fingerprint density at radius 2 is 1.16 bits per heavy atom. The van der Waals surface area contributed by atoms with Crippen molar-refractivity contribution < 1.29 is 43.2 Å². The van der Waals surface area contributed by atoms with Crippen LogP contribution in [0.3, 0.4) is 0 Å². The molecule has 6 aromatic rings. The van der Waals surface area contributed by atoms with Crippen LogP contribution in [-0.2, 0) is 44.9 Å². The lowest BCUT2D eigenvalue weighted by molar-refractivity contribution is -0.142. The Morgan fingerprint density at radius 1 is 0.698 bits per heavy atom. The van der Waals surface area contributed by atoms with Gasteiger partial charge < -0.3 is 28.8 Å². The van der Waals surface area contributed by atoms with E-state index in [0.717, 1.165) is 11.1 Å². The number of esters is 1. The summed E-state index contributed by atoms with van der Waals surface area (Å²) in [4.78, 5) is 43.3. The van der Waals surface area contributed by atoms with Crippen molar-refractivity contribution in [1.29, 1.82) is 0 Å². The van der Waals surface area contributed by atoms with E-state index in [1.165, 1.54) is 9.59 Å². The van der Waals surface area contributed by atoms with E-state index >= 15 is 0 Å². The van der Waals surface area contributed by atoms with E-state index in [2.05, 4.69) is 30.8 Å². The maximum Gasteiger partial charge on any atom is 0.415 e. The van der Waals surface area contributed by atoms with Crippen molar-refractivity contribution in [3.8, 4) is 11.5 Å². The van der Waals surface area contributed by atoms with E-state index in [-0.39, 0.29) is 38.5 Å². The Hall–Kier alpha value is -6.83. The van der Waals surface area contributed by atoms with Gasteiger partial charge in [0.15, 0.2) is 11.6 Å². The molecule has 0 spiro atoms. The minimum atomic E-state index is -0.634. The van der Waals surface area contributed by atoms with Crippen molar-refractivity contribution in [3.63, 3.8) is 0 Å². The second kappa shape index (κ2) is 20.4. The van der Waals surface area contributed by atoms with E-state index in [1.807, 2.05) is 48.5 Å². The fourth-order valence-electron chi connectivity index (χ4n) is 7.09. The van der Waals surface area contributed by atoms with Crippen LogP contribution in [0.1, 0.15) is 41.8 Å². The normalized spacial score (nSPS) is 18.1. The predicted octanol–water partition coefficient (Wildman–Crippen LogP) is 5.84. The number of carbonyl (C=O) groups is 3. The summed E-state index contributed by atoms with van der Waals surface area (Å²) >= 11 is 12.0. The van der Waals surface area contributed by atoms with Crippen molar-refractivity contribution in [3.05, 3.63) is 130 Å². The van der Waals surface area contributed by atoms with E-state index in [1.54, 1.807) is 79.5 Å². The molecule has 63 heavy (non-hydrogen) atoms. The summed E-state index contributed by atoms with van der Waals surface area (Å²) in [5.41, 5.74) is 2.95. The first-order valence-electron chi connectivity index (χ1n) is 19.7. The molecule has 2 fully saturated rings. The molecule has 0 saturated carbocycles. The van der Waals surface area contributed by atoms with Crippen LogP contribution in [0.25, 0.3) is 0 Å². The first-order chi connectivity index (χ1) is 30.6. The molecule has 8 rings (SSSR count). The van der Waals surface area contributed by atoms with Crippen molar-refractivity contribution in [2.45, 2.75) is 57.1 Å². The van der Waals surface area contributed by atoms with Gasteiger partial charge >= 0.3 is 18.2 Å². The van der Waals surface area contributed by atoms with Crippen LogP contribution in [0, 0.1) is 0 Å². The zero-order valence-electron chi connectivity index (χ0n) is 34.2. The van der Waals surface area contributed by atoms with Gasteiger partial charge in [-0.05, 0) is 101 Å². The standard InChI is InChI=1S/C22H22ClN5O5.C20H20ClN5O4/c1-3-32-20(29)12-19-24-26-27(25-19)13-18-21(14-5-4-6-17(11-14)31-2)28(22(30)33-18)16-9-7-15(23)8-10-16;1-29-16-4-2-3-13(11-16)19-17(12-25-23-18(9-10-27)22-24-25)30-20(28)26(19)15-7-5-14(21)6-8-15/h4-11,18,21H,3,12-13H2,1-2H3;2-8,11,17,19,27H,9-10,12H2,1H3/t18-,21-;17-,19-/m00/s1. The smallest absolute Gasteiger partial charge is 0.415 e. The summed E-state index contributed by atoms with van der Waals surface area (Å²) in [6.45, 7) is 2.26. The molecule has 4 atom stereocenters. The van der Waals surface area contributed by atoms with Crippen molar-refractivity contribution >= 4 is 52.7 Å². The zero-order chi connectivity index (χ0) is 44.5. The molecule has 0 aliphatic carbocycles. The molecular weight excluding hydrogens is 859 g/mol. The number of hydrogen-bond acceptors (Lipinski definition) is 15. The van der Waals surface area contributed by atoms with E-state index in [0.29, 0.717) is 45.2 Å². The van der Waals surface area contributed by atoms with Crippen LogP contribution in [0.5, 0.6) is 11.5 Å². The molecule has 19 nitrogen and oxygen atoms in total. The Kier molecular flexibility index (Phi) is 14.3. The molecule has 2 saturated heterocycles. The zero-order valence-corrected chi connectivity index (χ0v) is 35.7. The molecule has 0 bridgehead atoms. The topological polar surface area (TPSA) is 211 Å². The van der Waals surface area contributed by atoms with Crippen LogP contribution in [-0.4, -0.2) is 103 Å². The van der Waals surface area contributed by atoms with Gasteiger partial charge in [0.05, 0.1) is 27.4 Å². The highest BCUT2D eigenvalue weighted by atomic mass is 35.5. The van der Waals surface area contributed by atoms with Gasteiger partial charge in [-0.3, -0.25) is 14.6 Å². The predicted molar refractivity (Wildman–Crippen MR) is 227 cm³/mol. The molecule has 4 aromatic carbocycles. The highest BCUT2D eigenvalue weighted by Crippen LogP contribution is 2.41. The SMILES string of the molecule is CCOC(=O)Cc1nnn(C[C@@H]2OC(=O)N(c3ccc(Cl)cc3)[C@H]2c2cccc(OC)c2)n1.COc1cccc([C@H]2[C@H](Cn3nnc(CCO)n3)OC(=O)N2c2ccc(Cl)cc2)c1. The van der Waals surface area contributed by atoms with Gasteiger partial charge in [-0.15, -0.1) is 20.4 Å². The van der Waals surface area contributed by atoms with Gasteiger partial charge in [-0.25, -0.2) is 9.59 Å². The summed E-state index contributed by atoms with van der Waals surface area (Å²) in [5.74, 6) is 1.54. The lowest BCUT2D eigenvalue weighted by atomic mass is 9.99. The molecule has 4 heterocycles. The Labute approximate surface area is 370 Å². The summed E-state index contributed by atoms with van der Waals surface area (Å²) in [5, 5.41) is 34.5. The fraction of sp³-hybridized carbons (Fsp3) is 0.310. The summed E-state index contributed by atoms with van der Waals surface area (Å²) in [7, 11) is 3.17. The van der Waals surface area contributed by atoms with Crippen molar-refractivity contribution in [1.82, 2.24) is 40.4 Å². The number of hydrogen-bond donors (Lipinski definition) is 1. The maximum absolute atomic E-state index is 12.9. The molecule has 2 amide bonds. The number of halogens is 2. The van der Waals surface area contributed by atoms with Gasteiger partial charge in [0, 0.05) is 27.8 Å². The first-order valence-corrected chi connectivity index (χ1v) is 20.4. The maximum atomic E-state index is 12.9. The minimum Gasteiger partial charge on any atom is -0.497 e. The number of rotatable bonds is 15. The number of aromatic nitrogens is 8. The molecule has 2 aliphatic heterocycles. The van der Waals surface area contributed by atoms with Crippen LogP contribution in [0.15, 0.2) is 97.1 Å². The molecule has 2 aliphatic rings. The Balaban J connectivity index is 0.000000190. The van der Waals surface area contributed by atoms with Crippen LogP contribution in [0.2, 0.25) is 10.0 Å². The average molecular weight is 902 g/mol. The van der Waals surface area contributed by atoms with E-state index < -0.39 is 42.4 Å². The third kappa shape index (κ3) is 10.6. The molecule has 21 heteroatoms. The van der Waals surface area contributed by atoms with Gasteiger partial charge in [0.25, 0.3) is 0 Å². The molecular formula is C42H42Cl2N10O9. The third-order valence-electron chi connectivity index (χ3n) is 9.86. The number of cyclic esters (lactones) is 2. The van der Waals surface area contributed by atoms with Crippen molar-refractivity contribution in [2.75, 3.05) is 37.2 Å². The van der Waals surface area contributed by atoms with E-state index in [9.17, 15) is 14.4 Å². The number of nitrogens with zero attached hydrogens (tertiary/aromatic N) is 10.